The molecule has 3 aliphatic heterocycles. The molecule has 0 aromatic rings. The maximum absolute atomic E-state index is 6.30. The lowest BCUT2D eigenvalue weighted by molar-refractivity contribution is -0.0314. The highest BCUT2D eigenvalue weighted by Crippen LogP contribution is 2.43. The Balaban J connectivity index is 1.80. The monoisotopic (exact) mass is 265 g/mol. The minimum atomic E-state index is 0.307. The van der Waals surface area contributed by atoms with Crippen LogP contribution in [0.3, 0.4) is 0 Å². The van der Waals surface area contributed by atoms with Crippen molar-refractivity contribution in [2.24, 2.45) is 17.6 Å². The minimum absolute atomic E-state index is 0.307. The van der Waals surface area contributed by atoms with Crippen LogP contribution in [-0.2, 0) is 0 Å². The number of hydrogen-bond acceptors (Lipinski definition) is 3. The van der Waals surface area contributed by atoms with Crippen LogP contribution in [0.4, 0.5) is 0 Å². The number of rotatable bonds is 2. The molecule has 19 heavy (non-hydrogen) atoms. The summed E-state index contributed by atoms with van der Waals surface area (Å²) >= 11 is 0. The van der Waals surface area contributed by atoms with E-state index < -0.39 is 0 Å². The lowest BCUT2D eigenvalue weighted by Gasteiger charge is -2.54. The van der Waals surface area contributed by atoms with E-state index in [1.807, 2.05) is 0 Å². The Labute approximate surface area is 118 Å². The van der Waals surface area contributed by atoms with Crippen molar-refractivity contribution in [1.82, 2.24) is 9.80 Å². The van der Waals surface area contributed by atoms with Crippen molar-refractivity contribution in [3.8, 4) is 0 Å². The molecule has 0 aromatic heterocycles. The fraction of sp³-hybridized carbons (Fsp3) is 1.00. The normalized spacial score (nSPS) is 48.6. The summed E-state index contributed by atoms with van der Waals surface area (Å²) in [5, 5.41) is 0. The first-order chi connectivity index (χ1) is 9.04. The smallest absolute Gasteiger partial charge is 0.0361 e. The zero-order valence-corrected chi connectivity index (χ0v) is 12.9. The van der Waals surface area contributed by atoms with Gasteiger partial charge in [-0.25, -0.2) is 0 Å². The molecule has 0 saturated carbocycles. The molecule has 3 fully saturated rings. The van der Waals surface area contributed by atoms with Gasteiger partial charge < -0.3 is 10.6 Å². The maximum atomic E-state index is 6.30. The van der Waals surface area contributed by atoms with Gasteiger partial charge in [0.2, 0.25) is 0 Å². The second-order valence-corrected chi connectivity index (χ2v) is 7.74. The highest BCUT2D eigenvalue weighted by atomic mass is 15.3. The molecule has 0 aromatic carbocycles. The van der Waals surface area contributed by atoms with Crippen molar-refractivity contribution in [3.63, 3.8) is 0 Å². The summed E-state index contributed by atoms with van der Waals surface area (Å²) in [6.45, 7) is 8.22. The Morgan fingerprint density at radius 1 is 1.05 bits per heavy atom. The first-order valence-electron chi connectivity index (χ1n) is 8.21. The predicted molar refractivity (Wildman–Crippen MR) is 80.1 cm³/mol. The van der Waals surface area contributed by atoms with Gasteiger partial charge in [-0.1, -0.05) is 13.8 Å². The summed E-state index contributed by atoms with van der Waals surface area (Å²) in [4.78, 5) is 5.41. The molecule has 2 N–H and O–H groups in total. The van der Waals surface area contributed by atoms with Crippen LogP contribution in [0, 0.1) is 11.8 Å². The van der Waals surface area contributed by atoms with Gasteiger partial charge in [-0.3, -0.25) is 4.90 Å². The van der Waals surface area contributed by atoms with Crippen LogP contribution in [0.1, 0.15) is 46.0 Å². The van der Waals surface area contributed by atoms with Crippen LogP contribution < -0.4 is 5.73 Å². The van der Waals surface area contributed by atoms with E-state index in [0.29, 0.717) is 5.54 Å². The van der Waals surface area contributed by atoms with Crippen LogP contribution in [0.2, 0.25) is 0 Å². The predicted octanol–water partition coefficient (Wildman–Crippen LogP) is 1.92. The number of fused-ring (bicyclic) bond motifs is 2. The Hall–Kier alpha value is -0.120. The lowest BCUT2D eigenvalue weighted by Crippen LogP contribution is -2.64. The quantitative estimate of drug-likeness (QED) is 0.828. The van der Waals surface area contributed by atoms with Crippen molar-refractivity contribution in [2.45, 2.75) is 63.6 Å². The van der Waals surface area contributed by atoms with Crippen molar-refractivity contribution in [3.05, 3.63) is 0 Å². The minimum Gasteiger partial charge on any atom is -0.329 e. The van der Waals surface area contributed by atoms with Gasteiger partial charge >= 0.3 is 0 Å². The number of nitrogens with two attached hydrogens (primary N) is 1. The molecule has 2 bridgehead atoms. The molecule has 4 atom stereocenters. The van der Waals surface area contributed by atoms with E-state index in [-0.39, 0.29) is 0 Å². The summed E-state index contributed by atoms with van der Waals surface area (Å²) in [5.74, 6) is 1.67. The summed E-state index contributed by atoms with van der Waals surface area (Å²) in [6.07, 6.45) is 6.78. The third-order valence-corrected chi connectivity index (χ3v) is 6.14. The van der Waals surface area contributed by atoms with Gasteiger partial charge in [0.15, 0.2) is 0 Å². The van der Waals surface area contributed by atoms with Gasteiger partial charge in [0.05, 0.1) is 0 Å². The van der Waals surface area contributed by atoms with Gasteiger partial charge in [0, 0.05) is 37.3 Å². The second kappa shape index (κ2) is 5.01. The summed E-state index contributed by atoms with van der Waals surface area (Å²) < 4.78 is 0. The molecule has 0 amide bonds. The van der Waals surface area contributed by atoms with Crippen LogP contribution in [0.25, 0.3) is 0 Å². The van der Waals surface area contributed by atoms with Crippen LogP contribution in [0.5, 0.6) is 0 Å². The fourth-order valence-corrected chi connectivity index (χ4v) is 5.15. The highest BCUT2D eigenvalue weighted by Gasteiger charge is 2.49. The fourth-order valence-electron chi connectivity index (χ4n) is 5.15. The molecule has 3 heterocycles. The number of nitrogens with zero attached hydrogens (tertiary/aromatic N) is 2. The Morgan fingerprint density at radius 2 is 1.58 bits per heavy atom. The first kappa shape index (κ1) is 13.8. The van der Waals surface area contributed by atoms with Gasteiger partial charge in [-0.15, -0.1) is 0 Å². The van der Waals surface area contributed by atoms with Gasteiger partial charge in [-0.2, -0.15) is 0 Å². The van der Waals surface area contributed by atoms with E-state index in [4.69, 9.17) is 5.73 Å². The molecule has 3 aliphatic rings. The van der Waals surface area contributed by atoms with Crippen LogP contribution in [0.15, 0.2) is 0 Å². The number of likely N-dealkylation sites (tertiary alicyclic amines) is 1. The average Bonchev–Trinajstić information content (AvgIpc) is 2.62. The lowest BCUT2D eigenvalue weighted by atomic mass is 9.78. The van der Waals surface area contributed by atoms with E-state index in [9.17, 15) is 0 Å². The van der Waals surface area contributed by atoms with Crippen molar-refractivity contribution in [1.29, 1.82) is 0 Å². The zero-order chi connectivity index (χ0) is 13.6. The number of piperidine rings is 2. The maximum Gasteiger partial charge on any atom is 0.0361 e. The molecule has 0 spiro atoms. The Morgan fingerprint density at radius 3 is 2.05 bits per heavy atom. The Kier molecular flexibility index (Phi) is 3.65. The van der Waals surface area contributed by atoms with Gasteiger partial charge in [0.25, 0.3) is 0 Å². The van der Waals surface area contributed by atoms with E-state index in [1.165, 1.54) is 45.2 Å². The standard InChI is InChI=1S/C16H31N3/c1-12-6-13(2)10-19(9-12)16(11-17)7-14-4-5-15(8-16)18(14)3/h12-15H,4-11,17H2,1-3H3. The molecule has 0 radical (unpaired) electrons. The summed E-state index contributed by atoms with van der Waals surface area (Å²) in [6, 6.07) is 1.57. The summed E-state index contributed by atoms with van der Waals surface area (Å²) in [7, 11) is 2.32. The number of hydrogen-bond donors (Lipinski definition) is 1. The average molecular weight is 265 g/mol. The molecule has 0 aliphatic carbocycles. The van der Waals surface area contributed by atoms with Crippen molar-refractivity contribution in [2.75, 3.05) is 26.7 Å². The second-order valence-electron chi connectivity index (χ2n) is 7.74. The third kappa shape index (κ3) is 2.34. The Bertz CT molecular complexity index is 306. The van der Waals surface area contributed by atoms with Crippen LogP contribution >= 0.6 is 0 Å². The van der Waals surface area contributed by atoms with Crippen molar-refractivity contribution >= 4 is 0 Å². The van der Waals surface area contributed by atoms with Gasteiger partial charge in [-0.05, 0) is 51.0 Å². The molecule has 4 unspecified atom stereocenters. The molecule has 3 saturated heterocycles. The molecular formula is C16H31N3. The van der Waals surface area contributed by atoms with E-state index in [2.05, 4.69) is 30.7 Å². The largest absolute Gasteiger partial charge is 0.329 e. The molecule has 3 heteroatoms. The third-order valence-electron chi connectivity index (χ3n) is 6.14. The zero-order valence-electron chi connectivity index (χ0n) is 12.9. The molecule has 110 valence electrons. The topological polar surface area (TPSA) is 32.5 Å². The molecule has 3 rings (SSSR count). The highest BCUT2D eigenvalue weighted by molar-refractivity contribution is 5.07. The van der Waals surface area contributed by atoms with E-state index in [1.54, 1.807) is 0 Å². The van der Waals surface area contributed by atoms with Crippen molar-refractivity contribution < 1.29 is 0 Å². The first-order valence-corrected chi connectivity index (χ1v) is 8.21. The van der Waals surface area contributed by atoms with Crippen LogP contribution in [-0.4, -0.2) is 54.1 Å². The molecule has 3 nitrogen and oxygen atoms in total. The summed E-state index contributed by atoms with van der Waals surface area (Å²) in [5.41, 5.74) is 6.60. The van der Waals surface area contributed by atoms with E-state index in [0.717, 1.165) is 30.5 Å². The molecular weight excluding hydrogens is 234 g/mol. The SMILES string of the molecule is CC1CC(C)CN(C2(CN)CC3CCC(C2)N3C)C1. The van der Waals surface area contributed by atoms with E-state index >= 15 is 0 Å². The van der Waals surface area contributed by atoms with Gasteiger partial charge in [0.1, 0.15) is 0 Å².